The lowest BCUT2D eigenvalue weighted by molar-refractivity contribution is -0.132. The van der Waals surface area contributed by atoms with Gasteiger partial charge in [0.2, 0.25) is 0 Å². The molecule has 0 bridgehead atoms. The van der Waals surface area contributed by atoms with Crippen molar-refractivity contribution in [3.63, 3.8) is 0 Å². The minimum atomic E-state index is -1.13. The van der Waals surface area contributed by atoms with E-state index in [1.54, 1.807) is 6.92 Å². The van der Waals surface area contributed by atoms with Gasteiger partial charge < -0.3 is 19.5 Å². The number of ketones is 1. The summed E-state index contributed by atoms with van der Waals surface area (Å²) in [7, 11) is 1.35. The Hall–Kier alpha value is -3.66. The molecule has 0 spiro atoms. The van der Waals surface area contributed by atoms with Crippen LogP contribution < -0.4 is 9.64 Å². The highest BCUT2D eigenvalue weighted by Crippen LogP contribution is 2.45. The standard InChI is InChI=1S/C22H16BrFN2O6/c1-10-7-16(25-32-10)26-18(12-8-14(23)20(28)15(9-12)31-2)17(21(29)22(26)30)19(27)11-3-5-13(24)6-4-11/h3-9,18,27-28H,1-2H3. The van der Waals surface area contributed by atoms with Gasteiger partial charge in [0.1, 0.15) is 17.3 Å². The molecule has 2 N–H and O–H groups in total. The number of aliphatic hydroxyl groups excluding tert-OH is 1. The van der Waals surface area contributed by atoms with Crippen LogP contribution in [0.2, 0.25) is 0 Å². The average molecular weight is 503 g/mol. The van der Waals surface area contributed by atoms with E-state index < -0.39 is 29.3 Å². The molecule has 1 saturated heterocycles. The molecular formula is C22H16BrFN2O6. The molecule has 1 aliphatic heterocycles. The van der Waals surface area contributed by atoms with E-state index in [2.05, 4.69) is 21.1 Å². The van der Waals surface area contributed by atoms with Gasteiger partial charge in [-0.05, 0) is 64.8 Å². The Morgan fingerprint density at radius 1 is 1.22 bits per heavy atom. The second kappa shape index (κ2) is 8.12. The van der Waals surface area contributed by atoms with E-state index >= 15 is 0 Å². The van der Waals surface area contributed by atoms with Gasteiger partial charge in [0.25, 0.3) is 5.78 Å². The number of carbonyl (C=O) groups is 2. The third-order valence-corrected chi connectivity index (χ3v) is 5.62. The molecule has 1 fully saturated rings. The minimum absolute atomic E-state index is 0.0657. The van der Waals surface area contributed by atoms with Gasteiger partial charge in [-0.3, -0.25) is 14.5 Å². The number of phenols is 1. The smallest absolute Gasteiger partial charge is 0.301 e. The van der Waals surface area contributed by atoms with Crippen LogP contribution >= 0.6 is 15.9 Å². The summed E-state index contributed by atoms with van der Waals surface area (Å²) in [5.74, 6) is -2.53. The van der Waals surface area contributed by atoms with Crippen molar-refractivity contribution >= 4 is 39.2 Å². The maximum atomic E-state index is 13.4. The van der Waals surface area contributed by atoms with Crippen molar-refractivity contribution in [2.24, 2.45) is 0 Å². The number of hydrogen-bond acceptors (Lipinski definition) is 7. The predicted molar refractivity (Wildman–Crippen MR) is 115 cm³/mol. The normalized spacial score (nSPS) is 17.8. The number of aryl methyl sites for hydroxylation is 1. The molecule has 0 saturated carbocycles. The molecule has 32 heavy (non-hydrogen) atoms. The molecule has 10 heteroatoms. The number of amides is 1. The number of aliphatic hydroxyl groups is 1. The number of Topliss-reactive ketones (excluding diaryl/α,β-unsaturated/α-hetero) is 1. The van der Waals surface area contributed by atoms with Gasteiger partial charge in [-0.25, -0.2) is 4.39 Å². The molecule has 0 aliphatic carbocycles. The lowest BCUT2D eigenvalue weighted by Gasteiger charge is -2.23. The number of halogens is 2. The quantitative estimate of drug-likeness (QED) is 0.311. The maximum absolute atomic E-state index is 13.4. The van der Waals surface area contributed by atoms with E-state index in [0.717, 1.165) is 17.0 Å². The number of benzene rings is 2. The van der Waals surface area contributed by atoms with E-state index in [-0.39, 0.29) is 32.9 Å². The topological polar surface area (TPSA) is 113 Å². The van der Waals surface area contributed by atoms with Gasteiger partial charge >= 0.3 is 5.91 Å². The first kappa shape index (κ1) is 21.6. The van der Waals surface area contributed by atoms with Crippen LogP contribution in [-0.4, -0.2) is 34.2 Å². The highest BCUT2D eigenvalue weighted by atomic mass is 79.9. The first-order valence-corrected chi connectivity index (χ1v) is 10.1. The summed E-state index contributed by atoms with van der Waals surface area (Å²) in [6, 6.07) is 8.12. The maximum Gasteiger partial charge on any atom is 0.301 e. The second-order valence-corrected chi connectivity index (χ2v) is 7.88. The SMILES string of the molecule is COc1cc(C2C(=C(O)c3ccc(F)cc3)C(=O)C(=O)N2c2cc(C)on2)cc(Br)c1O. The summed E-state index contributed by atoms with van der Waals surface area (Å²) < 4.78 is 23.9. The van der Waals surface area contributed by atoms with Crippen LogP contribution in [0, 0.1) is 12.7 Å². The third kappa shape index (κ3) is 3.52. The summed E-state index contributed by atoms with van der Waals surface area (Å²) in [5, 5.41) is 25.0. The first-order chi connectivity index (χ1) is 15.2. The van der Waals surface area contributed by atoms with E-state index in [1.807, 2.05) is 0 Å². The third-order valence-electron chi connectivity index (χ3n) is 5.01. The van der Waals surface area contributed by atoms with Crippen LogP contribution in [0.15, 0.2) is 57.0 Å². The number of methoxy groups -OCH3 is 1. The molecule has 0 radical (unpaired) electrons. The molecule has 1 aromatic heterocycles. The van der Waals surface area contributed by atoms with Crippen LogP contribution in [0.5, 0.6) is 11.5 Å². The Labute approximate surface area is 189 Å². The van der Waals surface area contributed by atoms with Crippen LogP contribution in [0.4, 0.5) is 10.2 Å². The Morgan fingerprint density at radius 3 is 2.50 bits per heavy atom. The van der Waals surface area contributed by atoms with E-state index in [1.165, 1.54) is 37.4 Å². The highest BCUT2D eigenvalue weighted by Gasteiger charge is 2.48. The molecule has 164 valence electrons. The number of aromatic nitrogens is 1. The lowest BCUT2D eigenvalue weighted by Crippen LogP contribution is -2.29. The number of carbonyl (C=O) groups excluding carboxylic acids is 2. The summed E-state index contributed by atoms with van der Waals surface area (Å²) >= 11 is 3.23. The van der Waals surface area contributed by atoms with Gasteiger partial charge in [0.05, 0.1) is 23.2 Å². The summed E-state index contributed by atoms with van der Waals surface area (Å²) in [6.45, 7) is 1.63. The summed E-state index contributed by atoms with van der Waals surface area (Å²) in [4.78, 5) is 27.1. The number of rotatable bonds is 4. The van der Waals surface area contributed by atoms with Crippen molar-refractivity contribution < 1.29 is 33.5 Å². The Bertz CT molecular complexity index is 1270. The minimum Gasteiger partial charge on any atom is -0.507 e. The number of phenolic OH excluding ortho intramolecular Hbond substituents is 1. The van der Waals surface area contributed by atoms with Gasteiger partial charge in [-0.2, -0.15) is 0 Å². The lowest BCUT2D eigenvalue weighted by atomic mass is 9.95. The Balaban J connectivity index is 1.99. The summed E-state index contributed by atoms with van der Waals surface area (Å²) in [6.07, 6.45) is 0. The van der Waals surface area contributed by atoms with E-state index in [9.17, 15) is 24.2 Å². The van der Waals surface area contributed by atoms with Crippen LogP contribution in [0.3, 0.4) is 0 Å². The van der Waals surface area contributed by atoms with Crippen LogP contribution in [-0.2, 0) is 9.59 Å². The number of aromatic hydroxyl groups is 1. The molecule has 1 atom stereocenters. The van der Waals surface area contributed by atoms with Gasteiger partial charge in [-0.1, -0.05) is 5.16 Å². The van der Waals surface area contributed by atoms with E-state index in [4.69, 9.17) is 9.26 Å². The van der Waals surface area contributed by atoms with Crippen LogP contribution in [0.1, 0.15) is 22.9 Å². The monoisotopic (exact) mass is 502 g/mol. The molecule has 2 heterocycles. The van der Waals surface area contributed by atoms with Crippen LogP contribution in [0.25, 0.3) is 5.76 Å². The van der Waals surface area contributed by atoms with Crippen molar-refractivity contribution in [3.05, 3.63) is 75.2 Å². The molecule has 3 aromatic rings. The highest BCUT2D eigenvalue weighted by molar-refractivity contribution is 9.10. The average Bonchev–Trinajstić information content (AvgIpc) is 3.31. The molecule has 8 nitrogen and oxygen atoms in total. The van der Waals surface area contributed by atoms with Crippen molar-refractivity contribution in [2.45, 2.75) is 13.0 Å². The van der Waals surface area contributed by atoms with Gasteiger partial charge in [0.15, 0.2) is 17.3 Å². The zero-order valence-corrected chi connectivity index (χ0v) is 18.4. The largest absolute Gasteiger partial charge is 0.507 e. The van der Waals surface area contributed by atoms with Crippen molar-refractivity contribution in [2.75, 3.05) is 12.0 Å². The van der Waals surface area contributed by atoms with Gasteiger partial charge in [-0.15, -0.1) is 0 Å². The molecule has 1 unspecified atom stereocenters. The predicted octanol–water partition coefficient (Wildman–Crippen LogP) is 4.23. The number of hydrogen-bond donors (Lipinski definition) is 2. The number of anilines is 1. The zero-order chi connectivity index (χ0) is 23.2. The Morgan fingerprint density at radius 2 is 1.91 bits per heavy atom. The fourth-order valence-electron chi connectivity index (χ4n) is 3.52. The zero-order valence-electron chi connectivity index (χ0n) is 16.8. The Kier molecular flexibility index (Phi) is 5.47. The fraction of sp³-hybridized carbons (Fsp3) is 0.136. The molecule has 4 rings (SSSR count). The van der Waals surface area contributed by atoms with Crippen molar-refractivity contribution in [1.29, 1.82) is 0 Å². The van der Waals surface area contributed by atoms with Crippen molar-refractivity contribution in [3.8, 4) is 11.5 Å². The van der Waals surface area contributed by atoms with E-state index in [0.29, 0.717) is 11.3 Å². The first-order valence-electron chi connectivity index (χ1n) is 9.29. The molecule has 2 aromatic carbocycles. The summed E-state index contributed by atoms with van der Waals surface area (Å²) in [5.41, 5.74) is 0.257. The fourth-order valence-corrected chi connectivity index (χ4v) is 3.98. The second-order valence-electron chi connectivity index (χ2n) is 7.03. The number of ether oxygens (including phenoxy) is 1. The molecule has 1 aliphatic rings. The molecule has 1 amide bonds. The van der Waals surface area contributed by atoms with Crippen molar-refractivity contribution in [1.82, 2.24) is 5.16 Å². The molecular weight excluding hydrogens is 487 g/mol. The van der Waals surface area contributed by atoms with Gasteiger partial charge in [0, 0.05) is 11.6 Å². The number of nitrogens with zero attached hydrogens (tertiary/aromatic N) is 2.